The maximum absolute atomic E-state index is 12.9. The van der Waals surface area contributed by atoms with Crippen molar-refractivity contribution in [1.29, 1.82) is 0 Å². The molecule has 1 heterocycles. The molecule has 1 aliphatic rings. The number of hydrogen-bond donors (Lipinski definition) is 1. The Hall–Kier alpha value is -2.73. The fraction of sp³-hybridized carbons (Fsp3) is 0.435. The van der Waals surface area contributed by atoms with Gasteiger partial charge in [-0.15, -0.1) is 0 Å². The maximum atomic E-state index is 12.9. The molecule has 0 radical (unpaired) electrons. The van der Waals surface area contributed by atoms with E-state index in [-0.39, 0.29) is 11.9 Å². The zero-order valence-corrected chi connectivity index (χ0v) is 17.7. The van der Waals surface area contributed by atoms with Crippen LogP contribution in [0.3, 0.4) is 0 Å². The third kappa shape index (κ3) is 4.82. The predicted octanol–water partition coefficient (Wildman–Crippen LogP) is 3.59. The molecular formula is C23H30N2O4. The van der Waals surface area contributed by atoms with E-state index in [1.807, 2.05) is 25.1 Å². The summed E-state index contributed by atoms with van der Waals surface area (Å²) in [5, 5.41) is 3.10. The van der Waals surface area contributed by atoms with Gasteiger partial charge in [-0.05, 0) is 62.7 Å². The molecule has 29 heavy (non-hydrogen) atoms. The first-order valence-electron chi connectivity index (χ1n) is 9.96. The number of methoxy groups -OCH3 is 3. The standard InChI is InChI=1S/C23H30N2O4/c1-16-21(28-3)13-18(14-22(16)29-4)23(26)24-15-20(25-10-5-6-11-25)17-8-7-9-19(12-17)27-2/h7-9,12-14,20H,5-6,10-11,15H2,1-4H3,(H,24,26). The molecule has 1 N–H and O–H groups in total. The molecule has 1 aliphatic heterocycles. The van der Waals surface area contributed by atoms with E-state index in [4.69, 9.17) is 14.2 Å². The van der Waals surface area contributed by atoms with Crippen LogP contribution in [0.4, 0.5) is 0 Å². The summed E-state index contributed by atoms with van der Waals surface area (Å²) in [6, 6.07) is 11.7. The van der Waals surface area contributed by atoms with Crippen molar-refractivity contribution in [3.63, 3.8) is 0 Å². The molecule has 6 nitrogen and oxygen atoms in total. The quantitative estimate of drug-likeness (QED) is 0.736. The second kappa shape index (κ2) is 9.65. The number of hydrogen-bond acceptors (Lipinski definition) is 5. The average molecular weight is 399 g/mol. The number of carbonyl (C=O) groups excluding carboxylic acids is 1. The van der Waals surface area contributed by atoms with Crippen LogP contribution in [0.15, 0.2) is 36.4 Å². The molecule has 1 amide bonds. The van der Waals surface area contributed by atoms with Crippen LogP contribution < -0.4 is 19.5 Å². The molecule has 0 bridgehead atoms. The normalized spacial score (nSPS) is 15.0. The summed E-state index contributed by atoms with van der Waals surface area (Å²) in [5.74, 6) is 1.96. The third-order valence-electron chi connectivity index (χ3n) is 5.53. The van der Waals surface area contributed by atoms with Crippen molar-refractivity contribution in [2.24, 2.45) is 0 Å². The molecule has 1 saturated heterocycles. The molecule has 1 unspecified atom stereocenters. The van der Waals surface area contributed by atoms with E-state index in [1.54, 1.807) is 33.5 Å². The van der Waals surface area contributed by atoms with Crippen LogP contribution in [-0.2, 0) is 0 Å². The fourth-order valence-electron chi connectivity index (χ4n) is 3.87. The highest BCUT2D eigenvalue weighted by Gasteiger charge is 2.25. The molecule has 1 fully saturated rings. The summed E-state index contributed by atoms with van der Waals surface area (Å²) in [6.07, 6.45) is 2.36. The molecule has 3 rings (SSSR count). The van der Waals surface area contributed by atoms with E-state index < -0.39 is 0 Å². The minimum atomic E-state index is -0.145. The van der Waals surface area contributed by atoms with Crippen molar-refractivity contribution in [2.45, 2.75) is 25.8 Å². The second-order valence-corrected chi connectivity index (χ2v) is 7.25. The molecule has 2 aromatic carbocycles. The molecule has 2 aromatic rings. The van der Waals surface area contributed by atoms with Crippen LogP contribution in [0.1, 0.15) is 40.4 Å². The minimum Gasteiger partial charge on any atom is -0.497 e. The lowest BCUT2D eigenvalue weighted by atomic mass is 10.0. The van der Waals surface area contributed by atoms with Gasteiger partial charge in [0.1, 0.15) is 17.2 Å². The highest BCUT2D eigenvalue weighted by molar-refractivity contribution is 5.95. The Morgan fingerprint density at radius 1 is 1.03 bits per heavy atom. The second-order valence-electron chi connectivity index (χ2n) is 7.25. The lowest BCUT2D eigenvalue weighted by molar-refractivity contribution is 0.0937. The van der Waals surface area contributed by atoms with Gasteiger partial charge in [-0.3, -0.25) is 9.69 Å². The zero-order valence-electron chi connectivity index (χ0n) is 17.7. The van der Waals surface area contributed by atoms with E-state index in [0.717, 1.165) is 30.0 Å². The molecule has 0 aromatic heterocycles. The predicted molar refractivity (Wildman–Crippen MR) is 113 cm³/mol. The van der Waals surface area contributed by atoms with Gasteiger partial charge in [0.2, 0.25) is 0 Å². The van der Waals surface area contributed by atoms with Gasteiger partial charge in [0.15, 0.2) is 0 Å². The summed E-state index contributed by atoms with van der Waals surface area (Å²) in [6.45, 7) is 4.49. The van der Waals surface area contributed by atoms with E-state index in [1.165, 1.54) is 12.8 Å². The number of carbonyl (C=O) groups is 1. The number of likely N-dealkylation sites (tertiary alicyclic amines) is 1. The SMILES string of the molecule is COc1cccc(C(CNC(=O)c2cc(OC)c(C)c(OC)c2)N2CCCC2)c1. The van der Waals surface area contributed by atoms with Crippen molar-refractivity contribution in [3.05, 3.63) is 53.1 Å². The largest absolute Gasteiger partial charge is 0.497 e. The van der Waals surface area contributed by atoms with Gasteiger partial charge in [-0.1, -0.05) is 12.1 Å². The van der Waals surface area contributed by atoms with Gasteiger partial charge in [0, 0.05) is 17.7 Å². The maximum Gasteiger partial charge on any atom is 0.251 e. The lowest BCUT2D eigenvalue weighted by Gasteiger charge is -2.28. The topological polar surface area (TPSA) is 60.0 Å². The Labute approximate surface area is 172 Å². The first-order chi connectivity index (χ1) is 14.1. The fourth-order valence-corrected chi connectivity index (χ4v) is 3.87. The van der Waals surface area contributed by atoms with Crippen LogP contribution in [0.25, 0.3) is 0 Å². The van der Waals surface area contributed by atoms with Crippen molar-refractivity contribution in [3.8, 4) is 17.2 Å². The van der Waals surface area contributed by atoms with Gasteiger partial charge in [-0.2, -0.15) is 0 Å². The van der Waals surface area contributed by atoms with Gasteiger partial charge in [0.25, 0.3) is 5.91 Å². The third-order valence-corrected chi connectivity index (χ3v) is 5.53. The van der Waals surface area contributed by atoms with E-state index >= 15 is 0 Å². The summed E-state index contributed by atoms with van der Waals surface area (Å²) < 4.78 is 16.2. The number of rotatable bonds is 8. The summed E-state index contributed by atoms with van der Waals surface area (Å²) in [5.41, 5.74) is 2.54. The van der Waals surface area contributed by atoms with E-state index in [9.17, 15) is 4.79 Å². The van der Waals surface area contributed by atoms with Gasteiger partial charge in [-0.25, -0.2) is 0 Å². The van der Waals surface area contributed by atoms with Crippen LogP contribution in [0.2, 0.25) is 0 Å². The average Bonchev–Trinajstić information content (AvgIpc) is 3.28. The van der Waals surface area contributed by atoms with Crippen molar-refractivity contribution in [1.82, 2.24) is 10.2 Å². The number of benzene rings is 2. The number of ether oxygens (including phenoxy) is 3. The van der Waals surface area contributed by atoms with Crippen LogP contribution >= 0.6 is 0 Å². The highest BCUT2D eigenvalue weighted by Crippen LogP contribution is 2.30. The molecule has 0 saturated carbocycles. The molecule has 6 heteroatoms. The summed E-state index contributed by atoms with van der Waals surface area (Å²) >= 11 is 0. The lowest BCUT2D eigenvalue weighted by Crippen LogP contribution is -2.36. The molecule has 0 aliphatic carbocycles. The minimum absolute atomic E-state index is 0.103. The first-order valence-corrected chi connectivity index (χ1v) is 9.96. The van der Waals surface area contributed by atoms with Crippen LogP contribution in [-0.4, -0.2) is 51.8 Å². The molecular weight excluding hydrogens is 368 g/mol. The molecule has 0 spiro atoms. The van der Waals surface area contributed by atoms with Gasteiger partial charge >= 0.3 is 0 Å². The van der Waals surface area contributed by atoms with Crippen molar-refractivity contribution >= 4 is 5.91 Å². The Morgan fingerprint density at radius 2 is 1.69 bits per heavy atom. The smallest absolute Gasteiger partial charge is 0.251 e. The monoisotopic (exact) mass is 398 g/mol. The molecule has 156 valence electrons. The van der Waals surface area contributed by atoms with Gasteiger partial charge in [0.05, 0.1) is 27.4 Å². The Balaban J connectivity index is 1.79. The number of nitrogens with one attached hydrogen (secondary N) is 1. The Kier molecular flexibility index (Phi) is 6.99. The van der Waals surface area contributed by atoms with Gasteiger partial charge < -0.3 is 19.5 Å². The van der Waals surface area contributed by atoms with Crippen molar-refractivity contribution < 1.29 is 19.0 Å². The Morgan fingerprint density at radius 3 is 2.28 bits per heavy atom. The molecule has 1 atom stereocenters. The summed E-state index contributed by atoms with van der Waals surface area (Å²) in [7, 11) is 4.86. The van der Waals surface area contributed by atoms with Crippen LogP contribution in [0.5, 0.6) is 17.2 Å². The van der Waals surface area contributed by atoms with Crippen LogP contribution in [0, 0.1) is 6.92 Å². The number of amides is 1. The first kappa shape index (κ1) is 21.0. The van der Waals surface area contributed by atoms with E-state index in [0.29, 0.717) is 23.6 Å². The summed E-state index contributed by atoms with van der Waals surface area (Å²) in [4.78, 5) is 15.3. The number of nitrogens with zero attached hydrogens (tertiary/aromatic N) is 1. The van der Waals surface area contributed by atoms with Crippen molar-refractivity contribution in [2.75, 3.05) is 41.0 Å². The highest BCUT2D eigenvalue weighted by atomic mass is 16.5. The zero-order chi connectivity index (χ0) is 20.8. The van der Waals surface area contributed by atoms with E-state index in [2.05, 4.69) is 16.3 Å². The Bertz CT molecular complexity index is 822.